The Hall–Kier alpha value is -3.48. The summed E-state index contributed by atoms with van der Waals surface area (Å²) in [6, 6.07) is 12.7. The van der Waals surface area contributed by atoms with Crippen LogP contribution in [0.15, 0.2) is 48.2 Å². The third kappa shape index (κ3) is 5.71. The fourth-order valence-corrected chi connectivity index (χ4v) is 3.64. The zero-order valence-corrected chi connectivity index (χ0v) is 20.6. The molecule has 7 heteroatoms. The van der Waals surface area contributed by atoms with E-state index in [9.17, 15) is 9.59 Å². The van der Waals surface area contributed by atoms with Crippen molar-refractivity contribution in [3.63, 3.8) is 0 Å². The van der Waals surface area contributed by atoms with E-state index in [1.54, 1.807) is 18.2 Å². The molecule has 0 saturated heterocycles. The molecule has 0 saturated carbocycles. The van der Waals surface area contributed by atoms with E-state index < -0.39 is 0 Å². The molecule has 1 aliphatic rings. The molecule has 0 atom stereocenters. The highest BCUT2D eigenvalue weighted by Gasteiger charge is 2.38. The van der Waals surface area contributed by atoms with Crippen molar-refractivity contribution in [2.45, 2.75) is 41.0 Å². The van der Waals surface area contributed by atoms with Crippen LogP contribution in [0.25, 0.3) is 5.57 Å². The SMILES string of the molecule is CCCN1C(=O)C(Nc2ccc(OCC)c(OCC)c2)=C(c2ccc(OCC(C)C)cc2)C1=O. The molecule has 0 aromatic heterocycles. The molecule has 0 aliphatic carbocycles. The molecule has 2 amide bonds. The number of carbonyl (C=O) groups excluding carboxylic acids is 2. The molecule has 1 aliphatic heterocycles. The highest BCUT2D eigenvalue weighted by Crippen LogP contribution is 2.35. The lowest BCUT2D eigenvalue weighted by atomic mass is 10.0. The minimum atomic E-state index is -0.339. The number of carbonyl (C=O) groups is 2. The highest BCUT2D eigenvalue weighted by atomic mass is 16.5. The van der Waals surface area contributed by atoms with E-state index in [0.29, 0.717) is 67.0 Å². The van der Waals surface area contributed by atoms with Crippen molar-refractivity contribution in [3.05, 3.63) is 53.7 Å². The first kappa shape index (κ1) is 25.1. The van der Waals surface area contributed by atoms with Gasteiger partial charge in [0.2, 0.25) is 0 Å². The van der Waals surface area contributed by atoms with E-state index in [1.807, 2.05) is 45.0 Å². The van der Waals surface area contributed by atoms with Crippen LogP contribution in [0, 0.1) is 5.92 Å². The van der Waals surface area contributed by atoms with Crippen molar-refractivity contribution in [2.75, 3.05) is 31.7 Å². The van der Waals surface area contributed by atoms with E-state index in [2.05, 4.69) is 19.2 Å². The van der Waals surface area contributed by atoms with Gasteiger partial charge in [-0.15, -0.1) is 0 Å². The number of anilines is 1. The largest absolute Gasteiger partial charge is 0.493 e. The molecule has 0 spiro atoms. The molecule has 1 heterocycles. The van der Waals surface area contributed by atoms with Gasteiger partial charge >= 0.3 is 0 Å². The van der Waals surface area contributed by atoms with Gasteiger partial charge in [-0.3, -0.25) is 14.5 Å². The second-order valence-corrected chi connectivity index (χ2v) is 8.39. The number of benzene rings is 2. The van der Waals surface area contributed by atoms with Gasteiger partial charge in [0.15, 0.2) is 11.5 Å². The second-order valence-electron chi connectivity index (χ2n) is 8.39. The maximum Gasteiger partial charge on any atom is 0.278 e. The number of ether oxygens (including phenoxy) is 3. The number of hydrogen-bond acceptors (Lipinski definition) is 6. The summed E-state index contributed by atoms with van der Waals surface area (Å²) in [6.07, 6.45) is 0.678. The van der Waals surface area contributed by atoms with E-state index >= 15 is 0 Å². The quantitative estimate of drug-likeness (QED) is 0.438. The molecule has 7 nitrogen and oxygen atoms in total. The zero-order chi connectivity index (χ0) is 24.7. The van der Waals surface area contributed by atoms with Gasteiger partial charge < -0.3 is 19.5 Å². The standard InChI is InChI=1S/C27H34N2O5/c1-6-15-29-26(30)24(19-9-12-21(13-10-19)34-17-18(4)5)25(27(29)31)28-20-11-14-22(32-7-2)23(16-20)33-8-3/h9-14,16,18,28H,6-8,15,17H2,1-5H3. The van der Waals surface area contributed by atoms with Crippen LogP contribution >= 0.6 is 0 Å². The van der Waals surface area contributed by atoms with E-state index in [1.165, 1.54) is 4.90 Å². The maximum absolute atomic E-state index is 13.2. The van der Waals surface area contributed by atoms with Gasteiger partial charge in [0.05, 0.1) is 25.4 Å². The molecule has 2 aromatic rings. The minimum absolute atomic E-state index is 0.251. The highest BCUT2D eigenvalue weighted by molar-refractivity contribution is 6.36. The molecule has 3 rings (SSSR count). The molecular formula is C27H34N2O5. The van der Waals surface area contributed by atoms with Crippen LogP contribution in [0.1, 0.15) is 46.6 Å². The Balaban J connectivity index is 1.97. The summed E-state index contributed by atoms with van der Waals surface area (Å²) in [4.78, 5) is 27.8. The fraction of sp³-hybridized carbons (Fsp3) is 0.407. The lowest BCUT2D eigenvalue weighted by molar-refractivity contribution is -0.136. The van der Waals surface area contributed by atoms with Crippen LogP contribution in [-0.2, 0) is 9.59 Å². The van der Waals surface area contributed by atoms with Crippen molar-refractivity contribution in [1.29, 1.82) is 0 Å². The van der Waals surface area contributed by atoms with Gasteiger partial charge in [-0.25, -0.2) is 0 Å². The third-order valence-corrected chi connectivity index (χ3v) is 5.15. The first-order valence-electron chi connectivity index (χ1n) is 11.9. The molecule has 182 valence electrons. The molecule has 0 radical (unpaired) electrons. The number of amides is 2. The molecule has 2 aromatic carbocycles. The topological polar surface area (TPSA) is 77.1 Å². The first-order chi connectivity index (χ1) is 16.4. The predicted octanol–water partition coefficient (Wildman–Crippen LogP) is 5.12. The van der Waals surface area contributed by atoms with E-state index in [-0.39, 0.29) is 17.5 Å². The molecule has 0 bridgehead atoms. The van der Waals surface area contributed by atoms with Gasteiger partial charge in [-0.2, -0.15) is 0 Å². The van der Waals surface area contributed by atoms with Crippen LogP contribution in [0.5, 0.6) is 17.2 Å². The van der Waals surface area contributed by atoms with Crippen molar-refractivity contribution >= 4 is 23.1 Å². The smallest absolute Gasteiger partial charge is 0.278 e. The first-order valence-corrected chi connectivity index (χ1v) is 11.9. The minimum Gasteiger partial charge on any atom is -0.493 e. The van der Waals surface area contributed by atoms with Gasteiger partial charge in [0, 0.05) is 18.3 Å². The van der Waals surface area contributed by atoms with Crippen molar-refractivity contribution in [3.8, 4) is 17.2 Å². The molecule has 0 unspecified atom stereocenters. The Labute approximate surface area is 201 Å². The van der Waals surface area contributed by atoms with Gasteiger partial charge in [0.25, 0.3) is 11.8 Å². The van der Waals surface area contributed by atoms with Crippen LogP contribution in [0.2, 0.25) is 0 Å². The summed E-state index contributed by atoms with van der Waals surface area (Å²) < 4.78 is 17.1. The van der Waals surface area contributed by atoms with Crippen LogP contribution in [-0.4, -0.2) is 43.1 Å². The number of nitrogens with one attached hydrogen (secondary N) is 1. The van der Waals surface area contributed by atoms with E-state index in [0.717, 1.165) is 5.75 Å². The normalized spacial score (nSPS) is 13.6. The number of rotatable bonds is 12. The number of nitrogens with zero attached hydrogens (tertiary/aromatic N) is 1. The maximum atomic E-state index is 13.2. The monoisotopic (exact) mass is 466 g/mol. The average molecular weight is 467 g/mol. The van der Waals surface area contributed by atoms with Gasteiger partial charge in [-0.05, 0) is 56.0 Å². The number of imide groups is 1. The Morgan fingerprint density at radius 3 is 2.15 bits per heavy atom. The van der Waals surface area contributed by atoms with Crippen LogP contribution < -0.4 is 19.5 Å². The fourth-order valence-electron chi connectivity index (χ4n) is 3.64. The molecule has 1 N–H and O–H groups in total. The Morgan fingerprint density at radius 2 is 1.53 bits per heavy atom. The van der Waals surface area contributed by atoms with Crippen LogP contribution in [0.4, 0.5) is 5.69 Å². The summed E-state index contributed by atoms with van der Waals surface area (Å²) in [5.41, 5.74) is 1.89. The van der Waals surface area contributed by atoms with Gasteiger partial charge in [0.1, 0.15) is 11.4 Å². The van der Waals surface area contributed by atoms with Crippen molar-refractivity contribution in [1.82, 2.24) is 4.90 Å². The molecule has 34 heavy (non-hydrogen) atoms. The third-order valence-electron chi connectivity index (χ3n) is 5.15. The van der Waals surface area contributed by atoms with Crippen molar-refractivity contribution < 1.29 is 23.8 Å². The lowest BCUT2D eigenvalue weighted by Gasteiger charge is -2.15. The summed E-state index contributed by atoms with van der Waals surface area (Å²) >= 11 is 0. The summed E-state index contributed by atoms with van der Waals surface area (Å²) in [5, 5.41) is 3.18. The summed E-state index contributed by atoms with van der Waals surface area (Å²) in [5.74, 6) is 1.69. The second kappa shape index (κ2) is 11.6. The number of hydrogen-bond donors (Lipinski definition) is 1. The van der Waals surface area contributed by atoms with Gasteiger partial charge in [-0.1, -0.05) is 32.9 Å². The molecular weight excluding hydrogens is 432 g/mol. The van der Waals surface area contributed by atoms with Crippen molar-refractivity contribution in [2.24, 2.45) is 5.92 Å². The lowest BCUT2D eigenvalue weighted by Crippen LogP contribution is -2.33. The molecule has 0 fully saturated rings. The summed E-state index contributed by atoms with van der Waals surface area (Å²) in [6.45, 7) is 11.9. The van der Waals surface area contributed by atoms with Crippen LogP contribution in [0.3, 0.4) is 0 Å². The Morgan fingerprint density at radius 1 is 0.853 bits per heavy atom. The average Bonchev–Trinajstić information content (AvgIpc) is 3.04. The predicted molar refractivity (Wildman–Crippen MR) is 133 cm³/mol. The zero-order valence-electron chi connectivity index (χ0n) is 20.6. The Kier molecular flexibility index (Phi) is 8.57. The Bertz CT molecular complexity index is 1040. The summed E-state index contributed by atoms with van der Waals surface area (Å²) in [7, 11) is 0. The van der Waals surface area contributed by atoms with E-state index in [4.69, 9.17) is 14.2 Å².